The van der Waals surface area contributed by atoms with E-state index in [9.17, 15) is 4.79 Å². The van der Waals surface area contributed by atoms with Gasteiger partial charge in [0.2, 0.25) is 0 Å². The molecule has 0 bridgehead atoms. The van der Waals surface area contributed by atoms with Crippen LogP contribution in [0.15, 0.2) is 11.3 Å². The van der Waals surface area contributed by atoms with Gasteiger partial charge >= 0.3 is 5.97 Å². The molecule has 13 heavy (non-hydrogen) atoms. The molecule has 0 aromatic carbocycles. The Morgan fingerprint density at radius 3 is 2.38 bits per heavy atom. The second kappa shape index (κ2) is 5.35. The third-order valence-electron chi connectivity index (χ3n) is 1.31. The molecule has 74 valence electrons. The van der Waals surface area contributed by atoms with Crippen molar-refractivity contribution in [1.82, 2.24) is 0 Å². The van der Waals surface area contributed by atoms with Crippen molar-refractivity contribution in [1.29, 1.82) is 0 Å². The molecule has 0 fully saturated rings. The number of rotatable bonds is 3. The first-order valence-electron chi connectivity index (χ1n) is 4.13. The van der Waals surface area contributed by atoms with Gasteiger partial charge in [-0.25, -0.2) is 9.37 Å². The number of hydrogen-bond acceptors (Lipinski definition) is 3. The molecule has 4 nitrogen and oxygen atoms in total. The molecule has 0 radical (unpaired) electrons. The fraction of sp³-hybridized carbons (Fsp3) is 0.556. The lowest BCUT2D eigenvalue weighted by Gasteiger charge is -2.02. The summed E-state index contributed by atoms with van der Waals surface area (Å²) in [5, 5.41) is 0. The predicted octanol–water partition coefficient (Wildman–Crippen LogP) is 0.125. The average molecular weight is 185 g/mol. The van der Waals surface area contributed by atoms with E-state index in [4.69, 9.17) is 10.5 Å². The highest BCUT2D eigenvalue weighted by Gasteiger charge is 2.13. The van der Waals surface area contributed by atoms with Crippen molar-refractivity contribution in [3.05, 3.63) is 11.3 Å². The van der Waals surface area contributed by atoms with Crippen molar-refractivity contribution in [2.24, 2.45) is 5.73 Å². The van der Waals surface area contributed by atoms with Crippen molar-refractivity contribution in [2.45, 2.75) is 13.8 Å². The topological polar surface area (TPSA) is 55.3 Å². The first-order valence-corrected chi connectivity index (χ1v) is 4.13. The summed E-state index contributed by atoms with van der Waals surface area (Å²) >= 11 is 0. The lowest BCUT2D eigenvalue weighted by molar-refractivity contribution is -0.458. The zero-order valence-electron chi connectivity index (χ0n) is 8.63. The van der Waals surface area contributed by atoms with Crippen LogP contribution in [0, 0.1) is 0 Å². The van der Waals surface area contributed by atoms with Crippen molar-refractivity contribution >= 4 is 12.2 Å². The van der Waals surface area contributed by atoms with Crippen LogP contribution in [-0.2, 0) is 9.53 Å². The zero-order chi connectivity index (χ0) is 10.4. The van der Waals surface area contributed by atoms with Crippen LogP contribution in [-0.4, -0.2) is 37.5 Å². The van der Waals surface area contributed by atoms with E-state index in [-0.39, 0.29) is 5.97 Å². The minimum atomic E-state index is -0.379. The van der Waals surface area contributed by atoms with Crippen LogP contribution in [0.2, 0.25) is 0 Å². The number of nitrogens with zero attached hydrogens (tertiary/aromatic N) is 1. The van der Waals surface area contributed by atoms with E-state index in [0.29, 0.717) is 17.9 Å². The molecule has 0 rings (SSSR count). The number of carbonyl (C=O) groups excluding carboxylic acids is 1. The van der Waals surface area contributed by atoms with Crippen LogP contribution in [0.3, 0.4) is 0 Å². The van der Waals surface area contributed by atoms with E-state index < -0.39 is 0 Å². The van der Waals surface area contributed by atoms with Gasteiger partial charge in [-0.05, 0) is 13.8 Å². The van der Waals surface area contributed by atoms with Gasteiger partial charge in [0, 0.05) is 5.70 Å². The largest absolute Gasteiger partial charge is 0.462 e. The second-order valence-electron chi connectivity index (χ2n) is 2.91. The van der Waals surface area contributed by atoms with Crippen LogP contribution in [0.25, 0.3) is 0 Å². The molecule has 0 aromatic heterocycles. The van der Waals surface area contributed by atoms with Crippen molar-refractivity contribution in [3.63, 3.8) is 0 Å². The first-order chi connectivity index (χ1) is 5.99. The van der Waals surface area contributed by atoms with Crippen molar-refractivity contribution in [3.8, 4) is 0 Å². The van der Waals surface area contributed by atoms with Crippen molar-refractivity contribution in [2.75, 3.05) is 20.7 Å². The smallest absolute Gasteiger partial charge is 0.345 e. The Morgan fingerprint density at radius 2 is 2.08 bits per heavy atom. The molecule has 0 aromatic rings. The molecule has 4 heteroatoms. The molecular formula is C9H17N2O2+. The van der Waals surface area contributed by atoms with Crippen molar-refractivity contribution < 1.29 is 14.1 Å². The SMILES string of the molecule is CCOC(=O)/C(C=[N+](C)C)=C(\C)N. The summed E-state index contributed by atoms with van der Waals surface area (Å²) in [7, 11) is 3.64. The maximum Gasteiger partial charge on any atom is 0.345 e. The Morgan fingerprint density at radius 1 is 1.54 bits per heavy atom. The van der Waals surface area contributed by atoms with Crippen LogP contribution in [0.4, 0.5) is 0 Å². The Balaban J connectivity index is 4.76. The highest BCUT2D eigenvalue weighted by Crippen LogP contribution is 1.98. The molecule has 0 unspecified atom stereocenters. The summed E-state index contributed by atoms with van der Waals surface area (Å²) in [6, 6.07) is 0. The lowest BCUT2D eigenvalue weighted by atomic mass is 10.2. The summed E-state index contributed by atoms with van der Waals surface area (Å²) in [6.07, 6.45) is 1.65. The van der Waals surface area contributed by atoms with E-state index >= 15 is 0 Å². The Hall–Kier alpha value is -1.32. The molecule has 0 saturated heterocycles. The van der Waals surface area contributed by atoms with E-state index in [0.717, 1.165) is 0 Å². The predicted molar refractivity (Wildman–Crippen MR) is 51.7 cm³/mol. The summed E-state index contributed by atoms with van der Waals surface area (Å²) in [5.41, 5.74) is 6.41. The van der Waals surface area contributed by atoms with Gasteiger partial charge < -0.3 is 10.5 Å². The highest BCUT2D eigenvalue weighted by molar-refractivity contribution is 6.08. The molecule has 0 aliphatic carbocycles. The number of ether oxygens (including phenoxy) is 1. The van der Waals surface area contributed by atoms with Gasteiger partial charge in [-0.1, -0.05) is 0 Å². The van der Waals surface area contributed by atoms with Crippen LogP contribution < -0.4 is 5.73 Å². The molecule has 0 aliphatic rings. The number of hydrogen-bond donors (Lipinski definition) is 1. The second-order valence-corrected chi connectivity index (χ2v) is 2.91. The minimum Gasteiger partial charge on any atom is -0.462 e. The monoisotopic (exact) mass is 185 g/mol. The van der Waals surface area contributed by atoms with E-state index in [1.807, 2.05) is 14.1 Å². The molecule has 0 aliphatic heterocycles. The minimum absolute atomic E-state index is 0.358. The molecule has 0 heterocycles. The molecule has 0 spiro atoms. The number of carbonyl (C=O) groups is 1. The number of esters is 1. The molecule has 0 saturated carbocycles. The number of allylic oxidation sites excluding steroid dienone is 1. The quantitative estimate of drug-likeness (QED) is 0.294. The van der Waals surface area contributed by atoms with E-state index in [2.05, 4.69) is 0 Å². The third-order valence-corrected chi connectivity index (χ3v) is 1.31. The summed E-state index contributed by atoms with van der Waals surface area (Å²) in [4.78, 5) is 11.3. The van der Waals surface area contributed by atoms with Gasteiger partial charge in [0.05, 0.1) is 6.61 Å². The fourth-order valence-corrected chi connectivity index (χ4v) is 0.783. The Kier molecular flexibility index (Phi) is 4.80. The lowest BCUT2D eigenvalue weighted by Crippen LogP contribution is -2.17. The van der Waals surface area contributed by atoms with Gasteiger partial charge in [-0.2, -0.15) is 0 Å². The molecule has 0 amide bonds. The summed E-state index contributed by atoms with van der Waals surface area (Å²) < 4.78 is 6.58. The maximum atomic E-state index is 11.3. The van der Waals surface area contributed by atoms with Gasteiger partial charge in [0.1, 0.15) is 19.7 Å². The molecular weight excluding hydrogens is 168 g/mol. The standard InChI is InChI=1S/C9H16N2O2/c1-5-13-9(12)8(7(2)10)6-11(3)4/h6,10H,5H2,1-4H3/p+1. The van der Waals surface area contributed by atoms with Crippen LogP contribution in [0.5, 0.6) is 0 Å². The Labute approximate surface area is 78.7 Å². The molecule has 0 atom stereocenters. The fourth-order valence-electron chi connectivity index (χ4n) is 0.783. The van der Waals surface area contributed by atoms with Gasteiger partial charge in [-0.3, -0.25) is 0 Å². The van der Waals surface area contributed by atoms with Gasteiger partial charge in [0.25, 0.3) is 0 Å². The average Bonchev–Trinajstić information content (AvgIpc) is 1.99. The van der Waals surface area contributed by atoms with Gasteiger partial charge in [0.15, 0.2) is 6.21 Å². The first kappa shape index (κ1) is 11.7. The summed E-state index contributed by atoms with van der Waals surface area (Å²) in [6.45, 7) is 3.79. The third kappa shape index (κ3) is 4.30. The van der Waals surface area contributed by atoms with E-state index in [1.165, 1.54) is 0 Å². The van der Waals surface area contributed by atoms with Crippen LogP contribution in [0.1, 0.15) is 13.8 Å². The normalized spacial score (nSPS) is 11.7. The number of nitrogens with two attached hydrogens (primary N) is 1. The zero-order valence-corrected chi connectivity index (χ0v) is 8.63. The maximum absolute atomic E-state index is 11.3. The molecule has 2 N–H and O–H groups in total. The van der Waals surface area contributed by atoms with Crippen LogP contribution >= 0.6 is 0 Å². The Bertz CT molecular complexity index is 246. The highest BCUT2D eigenvalue weighted by atomic mass is 16.5. The van der Waals surface area contributed by atoms with E-state index in [1.54, 1.807) is 24.6 Å². The van der Waals surface area contributed by atoms with Gasteiger partial charge in [-0.15, -0.1) is 0 Å². The summed E-state index contributed by atoms with van der Waals surface area (Å²) in [5.74, 6) is -0.379.